The Hall–Kier alpha value is -1.98. The van der Waals surface area contributed by atoms with Gasteiger partial charge in [0.1, 0.15) is 17.5 Å². The van der Waals surface area contributed by atoms with Gasteiger partial charge in [-0.05, 0) is 63.8 Å². The molecule has 0 bridgehead atoms. The largest absolute Gasteiger partial charge is 0.488 e. The van der Waals surface area contributed by atoms with Gasteiger partial charge < -0.3 is 9.47 Å². The molecule has 1 aromatic carbocycles. The number of aryl methyl sites for hydroxylation is 1. The van der Waals surface area contributed by atoms with E-state index in [1.165, 1.54) is 0 Å². The number of esters is 1. The highest BCUT2D eigenvalue weighted by Gasteiger charge is 2.31. The number of halogens is 3. The fraction of sp³-hybridized carbons (Fsp3) is 0.500. The van der Waals surface area contributed by atoms with Crippen LogP contribution in [0.25, 0.3) is 0 Å². The van der Waals surface area contributed by atoms with E-state index >= 15 is 0 Å². The molecule has 1 unspecified atom stereocenters. The number of hydrogen-bond acceptors (Lipinski definition) is 3. The first-order valence-electron chi connectivity index (χ1n) is 7.76. The van der Waals surface area contributed by atoms with E-state index in [1.807, 2.05) is 26.0 Å². The van der Waals surface area contributed by atoms with E-state index in [2.05, 4.69) is 0 Å². The Balaban J connectivity index is 2.09. The molecule has 0 saturated carbocycles. The smallest absolute Gasteiger partial charge is 0.412 e. The molecule has 6 heteroatoms. The van der Waals surface area contributed by atoms with Crippen LogP contribution in [0.1, 0.15) is 51.3 Å². The first-order valence-corrected chi connectivity index (χ1v) is 7.76. The quantitative estimate of drug-likeness (QED) is 0.579. The molecule has 1 aliphatic rings. The van der Waals surface area contributed by atoms with Gasteiger partial charge in [0.15, 0.2) is 0 Å². The second-order valence-electron chi connectivity index (χ2n) is 6.63. The van der Waals surface area contributed by atoms with Crippen molar-refractivity contribution in [3.05, 3.63) is 41.0 Å². The summed E-state index contributed by atoms with van der Waals surface area (Å²) in [7, 11) is 0. The van der Waals surface area contributed by atoms with Crippen LogP contribution in [-0.2, 0) is 16.0 Å². The fourth-order valence-electron chi connectivity index (χ4n) is 2.47. The molecule has 3 nitrogen and oxygen atoms in total. The summed E-state index contributed by atoms with van der Waals surface area (Å²) in [6, 6.07) is 5.45. The summed E-state index contributed by atoms with van der Waals surface area (Å²) in [5.41, 5.74) is 0.535. The maximum atomic E-state index is 12.4. The molecule has 1 aliphatic heterocycles. The topological polar surface area (TPSA) is 35.5 Å². The molecule has 132 valence electrons. The second-order valence-corrected chi connectivity index (χ2v) is 6.63. The van der Waals surface area contributed by atoms with Crippen molar-refractivity contribution in [1.82, 2.24) is 0 Å². The Morgan fingerprint density at radius 1 is 1.38 bits per heavy atom. The molecule has 0 amide bonds. The van der Waals surface area contributed by atoms with Crippen LogP contribution in [0.2, 0.25) is 0 Å². The monoisotopic (exact) mass is 342 g/mol. The Kier molecular flexibility index (Phi) is 4.97. The standard InChI is InChI=1S/C18H21F3O3/c1-11(18(19,20)21)9-16(22)23-12(2)13-5-6-15-14(10-13)7-8-17(3,4)24-15/h5-6,9-10,12H,7-8H2,1-4H3. The van der Waals surface area contributed by atoms with Gasteiger partial charge in [-0.15, -0.1) is 0 Å². The molecule has 1 atom stereocenters. The maximum absolute atomic E-state index is 12.4. The van der Waals surface area contributed by atoms with Crippen molar-refractivity contribution in [2.75, 3.05) is 0 Å². The molecule has 2 rings (SSSR count). The zero-order valence-electron chi connectivity index (χ0n) is 14.2. The van der Waals surface area contributed by atoms with E-state index in [-0.39, 0.29) is 5.60 Å². The Bertz CT molecular complexity index is 660. The third kappa shape index (κ3) is 4.52. The van der Waals surface area contributed by atoms with Gasteiger partial charge in [-0.1, -0.05) is 6.07 Å². The summed E-state index contributed by atoms with van der Waals surface area (Å²) < 4.78 is 48.3. The minimum Gasteiger partial charge on any atom is -0.488 e. The number of benzene rings is 1. The van der Waals surface area contributed by atoms with Crippen molar-refractivity contribution in [3.8, 4) is 5.75 Å². The highest BCUT2D eigenvalue weighted by atomic mass is 19.4. The number of hydrogen-bond donors (Lipinski definition) is 0. The van der Waals surface area contributed by atoms with Gasteiger partial charge in [0.25, 0.3) is 0 Å². The normalized spacial score (nSPS) is 18.4. The number of fused-ring (bicyclic) bond motifs is 1. The van der Waals surface area contributed by atoms with Crippen molar-refractivity contribution in [3.63, 3.8) is 0 Å². The van der Waals surface area contributed by atoms with Gasteiger partial charge in [-0.2, -0.15) is 13.2 Å². The molecule has 1 heterocycles. The van der Waals surface area contributed by atoms with Crippen LogP contribution in [0.3, 0.4) is 0 Å². The Morgan fingerprint density at radius 2 is 2.04 bits per heavy atom. The van der Waals surface area contributed by atoms with E-state index in [9.17, 15) is 18.0 Å². The average molecular weight is 342 g/mol. The molecular formula is C18H21F3O3. The lowest BCUT2D eigenvalue weighted by Crippen LogP contribution is -2.32. The molecule has 0 N–H and O–H groups in total. The van der Waals surface area contributed by atoms with Crippen LogP contribution in [0, 0.1) is 0 Å². The van der Waals surface area contributed by atoms with Crippen LogP contribution >= 0.6 is 0 Å². The summed E-state index contributed by atoms with van der Waals surface area (Å²) in [5, 5.41) is 0. The first-order chi connectivity index (χ1) is 11.0. The zero-order chi connectivity index (χ0) is 18.1. The predicted molar refractivity (Wildman–Crippen MR) is 83.8 cm³/mol. The summed E-state index contributed by atoms with van der Waals surface area (Å²) in [4.78, 5) is 11.6. The minimum atomic E-state index is -4.53. The molecule has 0 aliphatic carbocycles. The van der Waals surface area contributed by atoms with Crippen molar-refractivity contribution in [2.45, 2.75) is 58.4 Å². The summed E-state index contributed by atoms with van der Waals surface area (Å²) in [5.74, 6) is -0.214. The SMILES string of the molecule is CC(=CC(=O)OC(C)c1ccc2c(c1)CCC(C)(C)O2)C(F)(F)F. The van der Waals surface area contributed by atoms with Crippen molar-refractivity contribution in [2.24, 2.45) is 0 Å². The predicted octanol–water partition coefficient (Wildman–Crippen LogP) is 4.90. The Morgan fingerprint density at radius 3 is 2.67 bits per heavy atom. The summed E-state index contributed by atoms with van der Waals surface area (Å²) in [6.45, 7) is 6.50. The maximum Gasteiger partial charge on any atom is 0.412 e. The number of carbonyl (C=O) groups is 1. The van der Waals surface area contributed by atoms with Gasteiger partial charge in [-0.25, -0.2) is 4.79 Å². The minimum absolute atomic E-state index is 0.216. The van der Waals surface area contributed by atoms with E-state index in [4.69, 9.17) is 9.47 Å². The van der Waals surface area contributed by atoms with Crippen LogP contribution in [0.15, 0.2) is 29.8 Å². The molecule has 0 fully saturated rings. The van der Waals surface area contributed by atoms with Gasteiger partial charge >= 0.3 is 12.1 Å². The third-order valence-corrected chi connectivity index (χ3v) is 4.01. The molecule has 0 aromatic heterocycles. The van der Waals surface area contributed by atoms with Crippen molar-refractivity contribution in [1.29, 1.82) is 0 Å². The van der Waals surface area contributed by atoms with E-state index in [0.29, 0.717) is 6.08 Å². The van der Waals surface area contributed by atoms with Gasteiger partial charge in [0.2, 0.25) is 0 Å². The van der Waals surface area contributed by atoms with E-state index in [1.54, 1.807) is 13.0 Å². The number of allylic oxidation sites excluding steroid dienone is 1. The number of carbonyl (C=O) groups excluding carboxylic acids is 1. The number of rotatable bonds is 3. The molecule has 0 spiro atoms. The first kappa shape index (κ1) is 18.4. The van der Waals surface area contributed by atoms with E-state index in [0.717, 1.165) is 36.6 Å². The second kappa shape index (κ2) is 6.49. The van der Waals surface area contributed by atoms with Crippen LogP contribution in [0.4, 0.5) is 13.2 Å². The van der Waals surface area contributed by atoms with Crippen LogP contribution in [-0.4, -0.2) is 17.7 Å². The zero-order valence-corrected chi connectivity index (χ0v) is 14.2. The molecule has 0 saturated heterocycles. The lowest BCUT2D eigenvalue weighted by molar-refractivity contribution is -0.143. The molecule has 0 radical (unpaired) electrons. The highest BCUT2D eigenvalue weighted by molar-refractivity contribution is 5.83. The fourth-order valence-corrected chi connectivity index (χ4v) is 2.47. The molecular weight excluding hydrogens is 321 g/mol. The average Bonchev–Trinajstić information content (AvgIpc) is 2.44. The van der Waals surface area contributed by atoms with Crippen LogP contribution in [0.5, 0.6) is 5.75 Å². The number of alkyl halides is 3. The molecule has 1 aromatic rings. The molecule has 24 heavy (non-hydrogen) atoms. The van der Waals surface area contributed by atoms with Crippen molar-refractivity contribution >= 4 is 5.97 Å². The lowest BCUT2D eigenvalue weighted by atomic mass is 9.93. The lowest BCUT2D eigenvalue weighted by Gasteiger charge is -2.33. The van der Waals surface area contributed by atoms with Crippen LogP contribution < -0.4 is 4.74 Å². The van der Waals surface area contributed by atoms with Gasteiger partial charge in [-0.3, -0.25) is 0 Å². The van der Waals surface area contributed by atoms with Gasteiger partial charge in [0, 0.05) is 11.6 Å². The third-order valence-electron chi connectivity index (χ3n) is 4.01. The summed E-state index contributed by atoms with van der Waals surface area (Å²) in [6.07, 6.45) is -3.00. The number of ether oxygens (including phenoxy) is 2. The van der Waals surface area contributed by atoms with Crippen molar-refractivity contribution < 1.29 is 27.4 Å². The summed E-state index contributed by atoms with van der Waals surface area (Å²) >= 11 is 0. The highest BCUT2D eigenvalue weighted by Crippen LogP contribution is 2.35. The Labute approximate surface area is 139 Å². The van der Waals surface area contributed by atoms with Gasteiger partial charge in [0.05, 0.1) is 0 Å². The van der Waals surface area contributed by atoms with E-state index < -0.39 is 23.8 Å².